The molecule has 150 valence electrons. The smallest absolute Gasteiger partial charge is 0.224 e. The van der Waals surface area contributed by atoms with Gasteiger partial charge in [0, 0.05) is 30.9 Å². The predicted octanol–water partition coefficient (Wildman–Crippen LogP) is 3.89. The van der Waals surface area contributed by atoms with Gasteiger partial charge in [-0.2, -0.15) is 0 Å². The van der Waals surface area contributed by atoms with E-state index in [1.54, 1.807) is 40.2 Å². The Morgan fingerprint density at radius 3 is 2.07 bits per heavy atom. The molecule has 1 atom stereocenters. The first-order valence-corrected chi connectivity index (χ1v) is 10.00. The highest BCUT2D eigenvalue weighted by atomic mass is 32.2. The number of rotatable bonds is 7. The van der Waals surface area contributed by atoms with Gasteiger partial charge in [0.25, 0.3) is 0 Å². The molecule has 1 saturated heterocycles. The summed E-state index contributed by atoms with van der Waals surface area (Å²) in [7, 11) is 6.46. The number of nitrogens with zero attached hydrogens (tertiary/aromatic N) is 1. The van der Waals surface area contributed by atoms with Crippen molar-refractivity contribution in [2.75, 3.05) is 34.2 Å². The first kappa shape index (κ1) is 20.2. The van der Waals surface area contributed by atoms with E-state index in [0.29, 0.717) is 30.2 Å². The minimum absolute atomic E-state index is 0.111. The van der Waals surface area contributed by atoms with Gasteiger partial charge in [-0.1, -0.05) is 12.1 Å². The molecule has 1 amide bonds. The summed E-state index contributed by atoms with van der Waals surface area (Å²) in [4.78, 5) is 14.7. The van der Waals surface area contributed by atoms with Gasteiger partial charge in [-0.15, -0.1) is 11.8 Å². The Morgan fingerprint density at radius 1 is 0.929 bits per heavy atom. The average molecular weight is 404 g/mol. The van der Waals surface area contributed by atoms with Crippen molar-refractivity contribution in [1.29, 1.82) is 0 Å². The van der Waals surface area contributed by atoms with E-state index in [-0.39, 0.29) is 11.3 Å². The molecule has 2 aromatic carbocycles. The number of amides is 1. The summed E-state index contributed by atoms with van der Waals surface area (Å²) in [5, 5.41) is -0.209. The number of carbonyl (C=O) groups is 1. The van der Waals surface area contributed by atoms with Gasteiger partial charge in [-0.3, -0.25) is 4.79 Å². The summed E-state index contributed by atoms with van der Waals surface area (Å²) in [5.41, 5.74) is 1.88. The van der Waals surface area contributed by atoms with E-state index in [2.05, 4.69) is 0 Å². The van der Waals surface area contributed by atoms with E-state index in [9.17, 15) is 4.79 Å². The molecule has 3 rings (SSSR count). The molecule has 1 heterocycles. The lowest BCUT2D eigenvalue weighted by atomic mass is 10.1. The van der Waals surface area contributed by atoms with Gasteiger partial charge in [-0.25, -0.2) is 0 Å². The summed E-state index contributed by atoms with van der Waals surface area (Å²) in [6.07, 6.45) is 0.512. The quantitative estimate of drug-likeness (QED) is 0.699. The van der Waals surface area contributed by atoms with Crippen LogP contribution in [0.15, 0.2) is 36.4 Å². The predicted molar refractivity (Wildman–Crippen MR) is 109 cm³/mol. The molecule has 0 bridgehead atoms. The molecule has 7 heteroatoms. The molecule has 2 aromatic rings. The zero-order valence-corrected chi connectivity index (χ0v) is 17.4. The summed E-state index contributed by atoms with van der Waals surface area (Å²) in [6.45, 7) is 0.499. The van der Waals surface area contributed by atoms with Crippen molar-refractivity contribution >= 4 is 17.7 Å². The van der Waals surface area contributed by atoms with Gasteiger partial charge >= 0.3 is 0 Å². The number of methoxy groups -OCH3 is 4. The van der Waals surface area contributed by atoms with Gasteiger partial charge in [0.1, 0.15) is 28.4 Å². The van der Waals surface area contributed by atoms with Gasteiger partial charge in [0.05, 0.1) is 34.0 Å². The maximum atomic E-state index is 12.8. The van der Waals surface area contributed by atoms with Crippen LogP contribution < -0.4 is 18.9 Å². The van der Waals surface area contributed by atoms with Crippen molar-refractivity contribution in [3.8, 4) is 23.0 Å². The fourth-order valence-electron chi connectivity index (χ4n) is 3.24. The van der Waals surface area contributed by atoms with Crippen LogP contribution in [0, 0.1) is 0 Å². The Kier molecular flexibility index (Phi) is 6.57. The molecule has 0 aromatic heterocycles. The molecule has 28 heavy (non-hydrogen) atoms. The molecule has 1 aliphatic heterocycles. The lowest BCUT2D eigenvalue weighted by Gasteiger charge is -2.36. The van der Waals surface area contributed by atoms with Crippen LogP contribution in [0.3, 0.4) is 0 Å². The normalized spacial score (nSPS) is 16.6. The minimum Gasteiger partial charge on any atom is -0.497 e. The van der Waals surface area contributed by atoms with Crippen LogP contribution in [0.2, 0.25) is 0 Å². The number of hydrogen-bond acceptors (Lipinski definition) is 6. The fourth-order valence-corrected chi connectivity index (χ4v) is 4.52. The molecule has 0 aliphatic carbocycles. The summed E-state index contributed by atoms with van der Waals surface area (Å²) < 4.78 is 21.8. The average Bonchev–Trinajstić information content (AvgIpc) is 2.74. The Bertz CT molecular complexity index is 799. The van der Waals surface area contributed by atoms with Crippen molar-refractivity contribution < 1.29 is 23.7 Å². The van der Waals surface area contributed by atoms with E-state index in [1.807, 2.05) is 41.3 Å². The number of benzene rings is 2. The van der Waals surface area contributed by atoms with Crippen molar-refractivity contribution in [2.45, 2.75) is 18.3 Å². The molecule has 0 saturated carbocycles. The summed E-state index contributed by atoms with van der Waals surface area (Å²) >= 11 is 1.71. The van der Waals surface area contributed by atoms with Crippen LogP contribution in [0.25, 0.3) is 0 Å². The second kappa shape index (κ2) is 9.10. The lowest BCUT2D eigenvalue weighted by molar-refractivity contribution is -0.132. The van der Waals surface area contributed by atoms with Gasteiger partial charge in [0.15, 0.2) is 0 Å². The summed E-state index contributed by atoms with van der Waals surface area (Å²) in [6, 6.07) is 11.4. The topological polar surface area (TPSA) is 57.2 Å². The van der Waals surface area contributed by atoms with Crippen LogP contribution in [0.5, 0.6) is 23.0 Å². The second-order valence-electron chi connectivity index (χ2n) is 6.29. The molecule has 1 fully saturated rings. The van der Waals surface area contributed by atoms with Crippen LogP contribution >= 0.6 is 11.8 Å². The maximum Gasteiger partial charge on any atom is 0.224 e. The Morgan fingerprint density at radius 2 is 1.54 bits per heavy atom. The Hall–Kier alpha value is -2.54. The molecular formula is C21H25NO5S. The Labute approximate surface area is 169 Å². The molecule has 1 unspecified atom stereocenters. The van der Waals surface area contributed by atoms with E-state index < -0.39 is 0 Å². The van der Waals surface area contributed by atoms with Gasteiger partial charge in [-0.05, 0) is 17.7 Å². The highest BCUT2D eigenvalue weighted by molar-refractivity contribution is 7.99. The zero-order chi connectivity index (χ0) is 20.1. The van der Waals surface area contributed by atoms with Gasteiger partial charge < -0.3 is 23.8 Å². The van der Waals surface area contributed by atoms with Crippen LogP contribution in [0.4, 0.5) is 0 Å². The molecule has 1 aliphatic rings. The van der Waals surface area contributed by atoms with E-state index in [0.717, 1.165) is 22.6 Å². The highest BCUT2D eigenvalue weighted by Gasteiger charge is 2.34. The fraction of sp³-hybridized carbons (Fsp3) is 0.381. The zero-order valence-electron chi connectivity index (χ0n) is 16.6. The minimum atomic E-state index is -0.209. The molecule has 0 spiro atoms. The number of ether oxygens (including phenoxy) is 4. The number of thioether (sulfide) groups is 1. The third-order valence-corrected chi connectivity index (χ3v) is 5.95. The van der Waals surface area contributed by atoms with E-state index in [1.165, 1.54) is 0 Å². The van der Waals surface area contributed by atoms with Crippen molar-refractivity contribution in [3.05, 3.63) is 47.5 Å². The van der Waals surface area contributed by atoms with Gasteiger partial charge in [0.2, 0.25) is 5.91 Å². The third-order valence-electron chi connectivity index (χ3n) is 4.71. The molecule has 0 radical (unpaired) electrons. The number of hydrogen-bond donors (Lipinski definition) is 0. The first-order valence-electron chi connectivity index (χ1n) is 8.95. The highest BCUT2D eigenvalue weighted by Crippen LogP contribution is 2.47. The SMILES string of the molecule is COc1ccc(CN2C(=O)CCSC2c2c(OC)cc(OC)cc2OC)cc1. The largest absolute Gasteiger partial charge is 0.497 e. The first-order chi connectivity index (χ1) is 13.6. The third kappa shape index (κ3) is 4.14. The van der Waals surface area contributed by atoms with Crippen molar-refractivity contribution in [2.24, 2.45) is 0 Å². The molecular weight excluding hydrogens is 378 g/mol. The maximum absolute atomic E-state index is 12.8. The number of carbonyl (C=O) groups excluding carboxylic acids is 1. The summed E-state index contributed by atoms with van der Waals surface area (Å²) in [5.74, 6) is 3.58. The van der Waals surface area contributed by atoms with E-state index in [4.69, 9.17) is 18.9 Å². The van der Waals surface area contributed by atoms with Crippen molar-refractivity contribution in [3.63, 3.8) is 0 Å². The molecule has 6 nitrogen and oxygen atoms in total. The van der Waals surface area contributed by atoms with Crippen LogP contribution in [-0.2, 0) is 11.3 Å². The standard InChI is InChI=1S/C21H25NO5S/c1-24-15-7-5-14(6-8-15)13-22-19(23)9-10-28-21(22)20-17(26-3)11-16(25-2)12-18(20)27-4/h5-8,11-12,21H,9-10,13H2,1-4H3. The van der Waals surface area contributed by atoms with Crippen LogP contribution in [-0.4, -0.2) is 45.0 Å². The monoisotopic (exact) mass is 403 g/mol. The molecule has 0 N–H and O–H groups in total. The second-order valence-corrected chi connectivity index (χ2v) is 7.48. The van der Waals surface area contributed by atoms with E-state index >= 15 is 0 Å². The van der Waals surface area contributed by atoms with Crippen LogP contribution in [0.1, 0.15) is 22.9 Å². The van der Waals surface area contributed by atoms with Crippen molar-refractivity contribution in [1.82, 2.24) is 4.90 Å². The lowest BCUT2D eigenvalue weighted by Crippen LogP contribution is -2.37. The Balaban J connectivity index is 1.99.